The lowest BCUT2D eigenvalue weighted by Gasteiger charge is -2.01. The number of hydrogen-bond donors (Lipinski definition) is 0. The van der Waals surface area contributed by atoms with E-state index in [0.717, 1.165) is 4.68 Å². The van der Waals surface area contributed by atoms with Gasteiger partial charge >= 0.3 is 11.6 Å². The third-order valence-corrected chi connectivity index (χ3v) is 3.24. The van der Waals surface area contributed by atoms with Gasteiger partial charge in [-0.25, -0.2) is 4.79 Å². The Morgan fingerprint density at radius 3 is 2.83 bits per heavy atom. The van der Waals surface area contributed by atoms with Gasteiger partial charge < -0.3 is 14.5 Å². The number of nitro groups is 1. The average molecular weight is 314 g/mol. The summed E-state index contributed by atoms with van der Waals surface area (Å²) in [6, 6.07) is 8.23. The minimum absolute atomic E-state index is 0.138. The molecule has 23 heavy (non-hydrogen) atoms. The summed E-state index contributed by atoms with van der Waals surface area (Å²) in [5.74, 6) is -0.955. The molecule has 1 aromatic carbocycles. The standard InChI is InChI=1S/C14H10N4O5/c1-8-15-14(18(21)22)16-17(8)7-11(19)10-6-9-4-2-3-5-12(9)23-13(10)20/h2-6H,7H2,1H3. The van der Waals surface area contributed by atoms with Crippen LogP contribution in [0.1, 0.15) is 16.2 Å². The van der Waals surface area contributed by atoms with Crippen molar-refractivity contribution in [2.45, 2.75) is 13.5 Å². The second kappa shape index (κ2) is 5.44. The molecule has 116 valence electrons. The topological polar surface area (TPSA) is 121 Å². The number of para-hydroxylation sites is 1. The zero-order valence-electron chi connectivity index (χ0n) is 11.9. The van der Waals surface area contributed by atoms with Crippen molar-refractivity contribution in [3.05, 3.63) is 62.3 Å². The first kappa shape index (κ1) is 14.6. The van der Waals surface area contributed by atoms with Crippen LogP contribution < -0.4 is 5.63 Å². The number of aryl methyl sites for hydroxylation is 1. The highest BCUT2D eigenvalue weighted by Gasteiger charge is 2.22. The zero-order chi connectivity index (χ0) is 16.6. The summed E-state index contributed by atoms with van der Waals surface area (Å²) in [5, 5.41) is 14.9. The molecule has 0 saturated carbocycles. The second-order valence-corrected chi connectivity index (χ2v) is 4.78. The molecule has 9 heteroatoms. The van der Waals surface area contributed by atoms with E-state index in [-0.39, 0.29) is 17.9 Å². The van der Waals surface area contributed by atoms with Crippen LogP contribution in [-0.4, -0.2) is 25.5 Å². The molecule has 9 nitrogen and oxygen atoms in total. The molecule has 0 N–H and O–H groups in total. The quantitative estimate of drug-likeness (QED) is 0.309. The van der Waals surface area contributed by atoms with Gasteiger partial charge in [0.2, 0.25) is 5.82 Å². The van der Waals surface area contributed by atoms with Crippen LogP contribution in [0.2, 0.25) is 0 Å². The number of Topliss-reactive ketones (excluding diaryl/α,β-unsaturated/α-hetero) is 1. The molecule has 0 bridgehead atoms. The molecule has 2 heterocycles. The first-order chi connectivity index (χ1) is 11.0. The Morgan fingerprint density at radius 2 is 2.13 bits per heavy atom. The summed E-state index contributed by atoms with van der Waals surface area (Å²) in [6.07, 6.45) is 0. The predicted octanol–water partition coefficient (Wildman–Crippen LogP) is 1.48. The van der Waals surface area contributed by atoms with Gasteiger partial charge in [-0.15, -0.1) is 0 Å². The molecule has 0 fully saturated rings. The van der Waals surface area contributed by atoms with Crippen molar-refractivity contribution in [2.24, 2.45) is 0 Å². The van der Waals surface area contributed by atoms with Gasteiger partial charge in [0.1, 0.15) is 17.7 Å². The maximum absolute atomic E-state index is 12.3. The maximum Gasteiger partial charge on any atom is 0.491 e. The summed E-state index contributed by atoms with van der Waals surface area (Å²) >= 11 is 0. The number of fused-ring (bicyclic) bond motifs is 1. The fourth-order valence-corrected chi connectivity index (χ4v) is 2.11. The molecule has 0 aliphatic heterocycles. The van der Waals surface area contributed by atoms with E-state index in [1.54, 1.807) is 24.3 Å². The van der Waals surface area contributed by atoms with Crippen molar-refractivity contribution >= 4 is 22.7 Å². The number of rotatable bonds is 4. The first-order valence-corrected chi connectivity index (χ1v) is 6.57. The summed E-state index contributed by atoms with van der Waals surface area (Å²) in [7, 11) is 0. The number of carbonyl (C=O) groups is 1. The number of hydrogen-bond acceptors (Lipinski definition) is 7. The van der Waals surface area contributed by atoms with Gasteiger partial charge in [-0.05, 0) is 22.0 Å². The van der Waals surface area contributed by atoms with Crippen LogP contribution in [-0.2, 0) is 6.54 Å². The van der Waals surface area contributed by atoms with Crippen molar-refractivity contribution in [1.29, 1.82) is 0 Å². The van der Waals surface area contributed by atoms with Crippen molar-refractivity contribution in [3.8, 4) is 0 Å². The Balaban J connectivity index is 1.96. The summed E-state index contributed by atoms with van der Waals surface area (Å²) < 4.78 is 6.17. The van der Waals surface area contributed by atoms with Gasteiger partial charge in [0, 0.05) is 17.4 Å². The van der Waals surface area contributed by atoms with Crippen molar-refractivity contribution in [2.75, 3.05) is 0 Å². The highest BCUT2D eigenvalue weighted by Crippen LogP contribution is 2.13. The minimum atomic E-state index is -0.763. The van der Waals surface area contributed by atoms with Crippen LogP contribution in [0.4, 0.5) is 5.95 Å². The van der Waals surface area contributed by atoms with Gasteiger partial charge in [-0.3, -0.25) is 4.79 Å². The first-order valence-electron chi connectivity index (χ1n) is 6.57. The molecule has 3 aromatic rings. The van der Waals surface area contributed by atoms with Gasteiger partial charge in [0.05, 0.1) is 0 Å². The zero-order valence-corrected chi connectivity index (χ0v) is 11.9. The van der Waals surface area contributed by atoms with E-state index < -0.39 is 22.3 Å². The SMILES string of the molecule is Cc1nc([N+](=O)[O-])nn1CC(=O)c1cc2ccccc2oc1=O. The molecule has 0 aliphatic rings. The molecular weight excluding hydrogens is 304 g/mol. The Bertz CT molecular complexity index is 988. The van der Waals surface area contributed by atoms with Crippen molar-refractivity contribution in [1.82, 2.24) is 14.8 Å². The van der Waals surface area contributed by atoms with Crippen LogP contribution >= 0.6 is 0 Å². The molecule has 0 amide bonds. The van der Waals surface area contributed by atoms with E-state index in [9.17, 15) is 19.7 Å². The van der Waals surface area contributed by atoms with E-state index in [1.807, 2.05) is 0 Å². The van der Waals surface area contributed by atoms with E-state index in [0.29, 0.717) is 11.0 Å². The lowest BCUT2D eigenvalue weighted by atomic mass is 10.1. The van der Waals surface area contributed by atoms with Crippen molar-refractivity contribution < 1.29 is 14.1 Å². The Kier molecular flexibility index (Phi) is 3.45. The molecule has 2 aromatic heterocycles. The monoisotopic (exact) mass is 314 g/mol. The molecule has 0 aliphatic carbocycles. The lowest BCUT2D eigenvalue weighted by Crippen LogP contribution is -2.20. The maximum atomic E-state index is 12.3. The summed E-state index contributed by atoms with van der Waals surface area (Å²) in [6.45, 7) is 1.14. The Labute approximate surface area is 128 Å². The molecule has 0 atom stereocenters. The number of carbonyl (C=O) groups excluding carboxylic acids is 1. The highest BCUT2D eigenvalue weighted by atomic mass is 16.6. The van der Waals surface area contributed by atoms with Gasteiger partial charge in [-0.2, -0.15) is 4.68 Å². The number of nitrogens with zero attached hydrogens (tertiary/aromatic N) is 4. The fraction of sp³-hybridized carbons (Fsp3) is 0.143. The molecule has 0 saturated heterocycles. The smallest absolute Gasteiger partial charge is 0.422 e. The molecular formula is C14H10N4O5. The van der Waals surface area contributed by atoms with Gasteiger partial charge in [0.25, 0.3) is 0 Å². The van der Waals surface area contributed by atoms with E-state index in [1.165, 1.54) is 13.0 Å². The fourth-order valence-electron chi connectivity index (χ4n) is 2.11. The molecule has 0 radical (unpaired) electrons. The average Bonchev–Trinajstić information content (AvgIpc) is 2.88. The van der Waals surface area contributed by atoms with Crippen molar-refractivity contribution in [3.63, 3.8) is 0 Å². The van der Waals surface area contributed by atoms with Crippen LogP contribution in [0, 0.1) is 17.0 Å². The molecule has 3 rings (SSSR count). The van der Waals surface area contributed by atoms with E-state index >= 15 is 0 Å². The summed E-state index contributed by atoms with van der Waals surface area (Å²) in [4.78, 5) is 37.7. The molecule has 0 unspecified atom stereocenters. The Morgan fingerprint density at radius 1 is 1.39 bits per heavy atom. The molecule has 0 spiro atoms. The number of aromatic nitrogens is 3. The lowest BCUT2D eigenvalue weighted by molar-refractivity contribution is -0.394. The van der Waals surface area contributed by atoms with E-state index in [4.69, 9.17) is 4.42 Å². The second-order valence-electron chi connectivity index (χ2n) is 4.78. The van der Waals surface area contributed by atoms with Gasteiger partial charge in [-0.1, -0.05) is 18.2 Å². The Hall–Kier alpha value is -3.36. The number of benzene rings is 1. The number of ketones is 1. The van der Waals surface area contributed by atoms with Crippen LogP contribution in [0.3, 0.4) is 0 Å². The van der Waals surface area contributed by atoms with E-state index in [2.05, 4.69) is 10.1 Å². The highest BCUT2D eigenvalue weighted by molar-refractivity contribution is 5.98. The van der Waals surface area contributed by atoms with Crippen LogP contribution in [0.5, 0.6) is 0 Å². The third-order valence-electron chi connectivity index (χ3n) is 3.24. The van der Waals surface area contributed by atoms with Crippen LogP contribution in [0.25, 0.3) is 11.0 Å². The minimum Gasteiger partial charge on any atom is -0.422 e. The normalized spacial score (nSPS) is 10.8. The van der Waals surface area contributed by atoms with Crippen LogP contribution in [0.15, 0.2) is 39.5 Å². The van der Waals surface area contributed by atoms with Gasteiger partial charge in [0.15, 0.2) is 5.78 Å². The largest absolute Gasteiger partial charge is 0.491 e. The summed E-state index contributed by atoms with van der Waals surface area (Å²) in [5.41, 5.74) is -0.524. The third kappa shape index (κ3) is 2.71. The predicted molar refractivity (Wildman–Crippen MR) is 78.2 cm³/mol.